The topological polar surface area (TPSA) is 96.7 Å². The third-order valence-corrected chi connectivity index (χ3v) is 5.63. The second-order valence-electron chi connectivity index (χ2n) is 7.57. The van der Waals surface area contributed by atoms with E-state index in [1.165, 1.54) is 18.5 Å². The van der Waals surface area contributed by atoms with Gasteiger partial charge in [-0.3, -0.25) is 4.68 Å². The van der Waals surface area contributed by atoms with Crippen LogP contribution >= 0.6 is 0 Å². The van der Waals surface area contributed by atoms with E-state index in [0.29, 0.717) is 30.2 Å². The Morgan fingerprint density at radius 2 is 2.10 bits per heavy atom. The van der Waals surface area contributed by atoms with Crippen LogP contribution in [0.15, 0.2) is 36.8 Å². The van der Waals surface area contributed by atoms with E-state index < -0.39 is 6.10 Å². The Balaban J connectivity index is 1.82. The van der Waals surface area contributed by atoms with Crippen molar-refractivity contribution in [3.05, 3.63) is 59.4 Å². The summed E-state index contributed by atoms with van der Waals surface area (Å²) in [5.41, 5.74) is 11.2. The van der Waals surface area contributed by atoms with Gasteiger partial charge in [0, 0.05) is 35.0 Å². The van der Waals surface area contributed by atoms with Gasteiger partial charge in [0.05, 0.1) is 17.9 Å². The minimum atomic E-state index is -0.494. The quantitative estimate of drug-likeness (QED) is 0.505. The van der Waals surface area contributed by atoms with E-state index in [1.54, 1.807) is 12.3 Å². The summed E-state index contributed by atoms with van der Waals surface area (Å²) in [6, 6.07) is 6.45. The molecule has 0 radical (unpaired) electrons. The molecule has 1 aliphatic rings. The Morgan fingerprint density at radius 1 is 1.26 bits per heavy atom. The first kappa shape index (κ1) is 19.2. The number of aromatic nitrogens is 6. The Hall–Kier alpha value is -3.75. The zero-order chi connectivity index (χ0) is 21.7. The van der Waals surface area contributed by atoms with Gasteiger partial charge in [0.15, 0.2) is 17.4 Å². The second kappa shape index (κ2) is 7.19. The normalized spacial score (nSPS) is 15.2. The van der Waals surface area contributed by atoms with Crippen molar-refractivity contribution in [2.75, 3.05) is 5.73 Å². The van der Waals surface area contributed by atoms with E-state index in [4.69, 9.17) is 15.6 Å². The molecular formula is C22H22FN7O. The van der Waals surface area contributed by atoms with Crippen LogP contribution in [0.5, 0.6) is 5.75 Å². The van der Waals surface area contributed by atoms with Gasteiger partial charge in [0.1, 0.15) is 18.2 Å². The lowest BCUT2D eigenvalue weighted by Crippen LogP contribution is -2.12. The fourth-order valence-corrected chi connectivity index (χ4v) is 4.10. The Bertz CT molecular complexity index is 1290. The smallest absolute Gasteiger partial charge is 0.166 e. The average Bonchev–Trinajstić information content (AvgIpc) is 3.33. The van der Waals surface area contributed by atoms with Gasteiger partial charge in [-0.05, 0) is 45.0 Å². The number of benzene rings is 1. The molecule has 4 heterocycles. The van der Waals surface area contributed by atoms with Crippen LogP contribution < -0.4 is 10.5 Å². The summed E-state index contributed by atoms with van der Waals surface area (Å²) in [5.74, 6) is 0.995. The van der Waals surface area contributed by atoms with Gasteiger partial charge in [0.2, 0.25) is 0 Å². The molecule has 1 aromatic carbocycles. The van der Waals surface area contributed by atoms with Crippen LogP contribution in [0.4, 0.5) is 10.2 Å². The molecule has 3 aromatic heterocycles. The highest BCUT2D eigenvalue weighted by Gasteiger charge is 2.24. The molecule has 1 aliphatic heterocycles. The van der Waals surface area contributed by atoms with Crippen molar-refractivity contribution in [1.82, 2.24) is 29.5 Å². The van der Waals surface area contributed by atoms with Crippen LogP contribution in [-0.4, -0.2) is 29.5 Å². The van der Waals surface area contributed by atoms with Gasteiger partial charge < -0.3 is 10.5 Å². The summed E-state index contributed by atoms with van der Waals surface area (Å²) in [5, 5.41) is 9.16. The number of ether oxygens (including phenoxy) is 1. The third-order valence-electron chi connectivity index (χ3n) is 5.63. The standard InChI is InChI=1S/C22H22FN7O/c1-4-29-20-14-7-19(21(24)25-9-14)31-13(3)17-8-15(23)5-6-16(17)22-26-11-27-30(22)10-18(20)12(2)28-29/h5-9,11,13H,4,10H2,1-3H3,(H2,24,25)/t13-/m1/s1. The predicted octanol–water partition coefficient (Wildman–Crippen LogP) is 3.75. The number of pyridine rings is 1. The maximum Gasteiger partial charge on any atom is 0.166 e. The number of fused-ring (bicyclic) bond motifs is 7. The van der Waals surface area contributed by atoms with Crippen LogP contribution in [-0.2, 0) is 13.1 Å². The number of anilines is 1. The number of nitrogens with zero attached hydrogens (tertiary/aromatic N) is 6. The van der Waals surface area contributed by atoms with E-state index >= 15 is 0 Å². The molecule has 0 spiro atoms. The van der Waals surface area contributed by atoms with Gasteiger partial charge in [-0.15, -0.1) is 0 Å². The lowest BCUT2D eigenvalue weighted by atomic mass is 10.0. The summed E-state index contributed by atoms with van der Waals surface area (Å²) in [6.45, 7) is 7.02. The minimum absolute atomic E-state index is 0.273. The second-order valence-corrected chi connectivity index (χ2v) is 7.57. The Kier molecular flexibility index (Phi) is 4.46. The Labute approximate surface area is 178 Å². The molecular weight excluding hydrogens is 397 g/mol. The van der Waals surface area contributed by atoms with Crippen LogP contribution in [0, 0.1) is 12.7 Å². The molecule has 0 saturated heterocycles. The molecule has 0 saturated carbocycles. The molecule has 4 aromatic rings. The summed E-state index contributed by atoms with van der Waals surface area (Å²) >= 11 is 0. The van der Waals surface area contributed by atoms with Crippen LogP contribution in [0.2, 0.25) is 0 Å². The van der Waals surface area contributed by atoms with Crippen molar-refractivity contribution in [2.45, 2.75) is 40.0 Å². The maximum absolute atomic E-state index is 14.2. The van der Waals surface area contributed by atoms with Crippen LogP contribution in [0.1, 0.15) is 36.8 Å². The van der Waals surface area contributed by atoms with Crippen molar-refractivity contribution in [3.63, 3.8) is 0 Å². The third kappa shape index (κ3) is 3.13. The molecule has 2 bridgehead atoms. The highest BCUT2D eigenvalue weighted by atomic mass is 19.1. The Morgan fingerprint density at radius 3 is 2.90 bits per heavy atom. The molecule has 9 heteroatoms. The number of hydrogen-bond donors (Lipinski definition) is 1. The molecule has 0 amide bonds. The highest BCUT2D eigenvalue weighted by molar-refractivity contribution is 5.69. The molecule has 8 nitrogen and oxygen atoms in total. The van der Waals surface area contributed by atoms with Crippen molar-refractivity contribution in [1.29, 1.82) is 0 Å². The van der Waals surface area contributed by atoms with Gasteiger partial charge in [-0.2, -0.15) is 10.2 Å². The summed E-state index contributed by atoms with van der Waals surface area (Å²) in [6.07, 6.45) is 2.74. The average molecular weight is 419 g/mol. The predicted molar refractivity (Wildman–Crippen MR) is 114 cm³/mol. The van der Waals surface area contributed by atoms with Gasteiger partial charge in [-0.1, -0.05) is 0 Å². The number of halogens is 1. The molecule has 31 heavy (non-hydrogen) atoms. The molecule has 0 unspecified atom stereocenters. The fraction of sp³-hybridized carbons (Fsp3) is 0.273. The largest absolute Gasteiger partial charge is 0.482 e. The van der Waals surface area contributed by atoms with Crippen molar-refractivity contribution in [3.8, 4) is 28.4 Å². The molecule has 0 fully saturated rings. The van der Waals surface area contributed by atoms with Crippen molar-refractivity contribution < 1.29 is 9.13 Å². The van der Waals surface area contributed by atoms with Crippen molar-refractivity contribution in [2.24, 2.45) is 0 Å². The van der Waals surface area contributed by atoms with E-state index in [0.717, 1.165) is 28.1 Å². The summed E-state index contributed by atoms with van der Waals surface area (Å²) < 4.78 is 24.1. The number of hydrogen-bond acceptors (Lipinski definition) is 6. The lowest BCUT2D eigenvalue weighted by molar-refractivity contribution is 0.227. The van der Waals surface area contributed by atoms with E-state index in [-0.39, 0.29) is 11.6 Å². The number of nitrogens with two attached hydrogens (primary N) is 1. The summed E-state index contributed by atoms with van der Waals surface area (Å²) in [7, 11) is 0. The van der Waals surface area contributed by atoms with Crippen LogP contribution in [0.3, 0.4) is 0 Å². The van der Waals surface area contributed by atoms with E-state index in [9.17, 15) is 4.39 Å². The van der Waals surface area contributed by atoms with Gasteiger partial charge in [-0.25, -0.2) is 19.0 Å². The van der Waals surface area contributed by atoms with Gasteiger partial charge in [0.25, 0.3) is 0 Å². The zero-order valence-corrected chi connectivity index (χ0v) is 17.5. The maximum atomic E-state index is 14.2. The highest BCUT2D eigenvalue weighted by Crippen LogP contribution is 2.37. The molecule has 5 rings (SSSR count). The van der Waals surface area contributed by atoms with Gasteiger partial charge >= 0.3 is 0 Å². The number of nitrogen functional groups attached to an aromatic ring is 1. The summed E-state index contributed by atoms with van der Waals surface area (Å²) in [4.78, 5) is 8.83. The number of aryl methyl sites for hydroxylation is 2. The lowest BCUT2D eigenvalue weighted by Gasteiger charge is -2.21. The molecule has 1 atom stereocenters. The zero-order valence-electron chi connectivity index (χ0n) is 17.5. The SMILES string of the molecule is CCn1nc(C)c2c1-c1cnc(N)c(c1)O[C@H](C)c1cc(F)ccc1-c1ncnn1C2. The first-order chi connectivity index (χ1) is 15.0. The first-order valence-electron chi connectivity index (χ1n) is 10.1. The molecule has 0 aliphatic carbocycles. The minimum Gasteiger partial charge on any atom is -0.482 e. The number of rotatable bonds is 1. The monoisotopic (exact) mass is 419 g/mol. The van der Waals surface area contributed by atoms with E-state index in [2.05, 4.69) is 15.1 Å². The first-order valence-corrected chi connectivity index (χ1v) is 10.1. The van der Waals surface area contributed by atoms with E-state index in [1.807, 2.05) is 36.2 Å². The van der Waals surface area contributed by atoms with Crippen molar-refractivity contribution >= 4 is 5.82 Å². The molecule has 158 valence electrons. The molecule has 2 N–H and O–H groups in total. The van der Waals surface area contributed by atoms with Crippen LogP contribution in [0.25, 0.3) is 22.6 Å². The fourth-order valence-electron chi connectivity index (χ4n) is 4.10.